The van der Waals surface area contributed by atoms with E-state index in [-0.39, 0.29) is 12.2 Å². The zero-order valence-electron chi connectivity index (χ0n) is 23.3. The minimum atomic E-state index is -0.990. The van der Waals surface area contributed by atoms with Crippen LogP contribution in [-0.4, -0.2) is 36.4 Å². The number of ether oxygens (including phenoxy) is 2. The van der Waals surface area contributed by atoms with Crippen molar-refractivity contribution in [2.24, 2.45) is 5.73 Å². The topological polar surface area (TPSA) is 94.2 Å². The molecule has 0 radical (unpaired) electrons. The van der Waals surface area contributed by atoms with Crippen LogP contribution in [-0.2, 0) is 22.6 Å². The number of hydroxylamine groups is 1. The number of hydrogen-bond donors (Lipinski definition) is 2. The van der Waals surface area contributed by atoms with Gasteiger partial charge in [-0.05, 0) is 91.5 Å². The highest BCUT2D eigenvalue weighted by molar-refractivity contribution is 5.73. The third-order valence-electron chi connectivity index (χ3n) is 7.94. The highest BCUT2D eigenvalue weighted by Crippen LogP contribution is 2.34. The number of hydrogen-bond acceptors (Lipinski definition) is 6. The Kier molecular flexibility index (Phi) is 9.24. The quantitative estimate of drug-likeness (QED) is 0.251. The Labute approximate surface area is 236 Å². The smallest absolute Gasteiger partial charge is 0.320 e. The molecular formula is C33H40N2O5. The molecule has 2 aliphatic rings. The van der Waals surface area contributed by atoms with Crippen molar-refractivity contribution in [3.8, 4) is 22.6 Å². The molecule has 7 heteroatoms. The first kappa shape index (κ1) is 28.0. The summed E-state index contributed by atoms with van der Waals surface area (Å²) in [5.41, 5.74) is 10.8. The number of rotatable bonds is 12. The summed E-state index contributed by atoms with van der Waals surface area (Å²) in [5, 5.41) is 11.1. The van der Waals surface area contributed by atoms with Gasteiger partial charge in [0.2, 0.25) is 0 Å². The van der Waals surface area contributed by atoms with E-state index < -0.39 is 12.0 Å². The molecule has 3 aromatic carbocycles. The normalized spacial score (nSPS) is 16.6. The molecule has 0 aromatic heterocycles. The summed E-state index contributed by atoms with van der Waals surface area (Å²) in [4.78, 5) is 17.6. The molecule has 0 spiro atoms. The number of carbonyl (C=O) groups is 1. The van der Waals surface area contributed by atoms with Gasteiger partial charge in [-0.1, -0.05) is 55.3 Å². The zero-order valence-corrected chi connectivity index (χ0v) is 23.3. The number of benzene rings is 3. The van der Waals surface area contributed by atoms with Crippen molar-refractivity contribution in [1.29, 1.82) is 0 Å². The van der Waals surface area contributed by atoms with Crippen LogP contribution in [0.1, 0.15) is 62.5 Å². The van der Waals surface area contributed by atoms with Crippen LogP contribution >= 0.6 is 0 Å². The summed E-state index contributed by atoms with van der Waals surface area (Å²) in [6.07, 6.45) is 9.95. The van der Waals surface area contributed by atoms with Crippen LogP contribution in [0.3, 0.4) is 0 Å². The van der Waals surface area contributed by atoms with Crippen LogP contribution in [0.25, 0.3) is 11.1 Å². The van der Waals surface area contributed by atoms with E-state index in [9.17, 15) is 4.79 Å². The van der Waals surface area contributed by atoms with Gasteiger partial charge >= 0.3 is 5.97 Å². The summed E-state index contributed by atoms with van der Waals surface area (Å²) in [6, 6.07) is 21.6. The van der Waals surface area contributed by atoms with E-state index in [4.69, 9.17) is 25.2 Å². The van der Waals surface area contributed by atoms with Gasteiger partial charge in [-0.15, -0.1) is 0 Å². The summed E-state index contributed by atoms with van der Waals surface area (Å²) in [7, 11) is 1.69. The number of carboxylic acid groups (broad SMARTS) is 1. The fourth-order valence-corrected chi connectivity index (χ4v) is 5.62. The lowest BCUT2D eigenvalue weighted by Crippen LogP contribution is -2.32. The molecule has 0 heterocycles. The van der Waals surface area contributed by atoms with Crippen molar-refractivity contribution in [1.82, 2.24) is 0 Å². The van der Waals surface area contributed by atoms with Gasteiger partial charge in [0.15, 0.2) is 11.5 Å². The minimum absolute atomic E-state index is 0.219. The van der Waals surface area contributed by atoms with Gasteiger partial charge in [0.25, 0.3) is 0 Å². The third kappa shape index (κ3) is 7.14. The number of methoxy groups -OCH3 is 1. The monoisotopic (exact) mass is 544 g/mol. The Hall–Kier alpha value is -3.55. The highest BCUT2D eigenvalue weighted by atomic mass is 16.7. The molecule has 0 bridgehead atoms. The van der Waals surface area contributed by atoms with E-state index in [1.54, 1.807) is 7.11 Å². The number of carboxylic acids is 1. The summed E-state index contributed by atoms with van der Waals surface area (Å²) in [5.74, 6) is 0.575. The molecular weight excluding hydrogens is 504 g/mol. The Morgan fingerprint density at radius 1 is 0.850 bits per heavy atom. The van der Waals surface area contributed by atoms with Crippen LogP contribution in [0.2, 0.25) is 0 Å². The molecule has 212 valence electrons. The van der Waals surface area contributed by atoms with Crippen molar-refractivity contribution < 1.29 is 24.2 Å². The Morgan fingerprint density at radius 2 is 1.43 bits per heavy atom. The molecule has 3 aromatic rings. The van der Waals surface area contributed by atoms with Crippen molar-refractivity contribution in [3.05, 3.63) is 77.9 Å². The molecule has 1 atom stereocenters. The predicted octanol–water partition coefficient (Wildman–Crippen LogP) is 6.52. The summed E-state index contributed by atoms with van der Waals surface area (Å²) in [6.45, 7) is 0.597. The van der Waals surface area contributed by atoms with Gasteiger partial charge in [0.05, 0.1) is 31.5 Å². The van der Waals surface area contributed by atoms with Gasteiger partial charge in [-0.3, -0.25) is 9.63 Å². The van der Waals surface area contributed by atoms with E-state index in [0.717, 1.165) is 65.1 Å². The number of aliphatic carboxylic acids is 1. The molecule has 2 fully saturated rings. The summed E-state index contributed by atoms with van der Waals surface area (Å²) < 4.78 is 11.9. The fraction of sp³-hybridized carbons (Fsp3) is 0.424. The zero-order chi connectivity index (χ0) is 27.9. The van der Waals surface area contributed by atoms with Crippen molar-refractivity contribution >= 4 is 11.7 Å². The largest absolute Gasteiger partial charge is 0.493 e. The van der Waals surface area contributed by atoms with E-state index in [1.807, 2.05) is 35.4 Å². The average molecular weight is 545 g/mol. The average Bonchev–Trinajstić information content (AvgIpc) is 3.68. The maximum atomic E-state index is 11.1. The predicted molar refractivity (Wildman–Crippen MR) is 157 cm³/mol. The third-order valence-corrected chi connectivity index (χ3v) is 7.94. The Balaban J connectivity index is 1.33. The van der Waals surface area contributed by atoms with E-state index in [1.165, 1.54) is 25.7 Å². The molecule has 5 rings (SSSR count). The number of anilines is 1. The second kappa shape index (κ2) is 13.2. The van der Waals surface area contributed by atoms with E-state index >= 15 is 0 Å². The van der Waals surface area contributed by atoms with Gasteiger partial charge in [-0.2, -0.15) is 0 Å². The molecule has 2 aliphatic carbocycles. The van der Waals surface area contributed by atoms with Gasteiger partial charge in [0, 0.05) is 0 Å². The van der Waals surface area contributed by atoms with Crippen molar-refractivity contribution in [2.75, 3.05) is 12.2 Å². The number of nitrogens with zero attached hydrogens (tertiary/aromatic N) is 1. The molecule has 40 heavy (non-hydrogen) atoms. The van der Waals surface area contributed by atoms with Gasteiger partial charge in [0.1, 0.15) is 6.04 Å². The minimum Gasteiger partial charge on any atom is -0.493 e. The summed E-state index contributed by atoms with van der Waals surface area (Å²) >= 11 is 0. The van der Waals surface area contributed by atoms with Crippen molar-refractivity contribution in [3.63, 3.8) is 0 Å². The second-order valence-corrected chi connectivity index (χ2v) is 11.0. The lowest BCUT2D eigenvalue weighted by atomic mass is 10.0. The van der Waals surface area contributed by atoms with Crippen LogP contribution < -0.4 is 20.3 Å². The molecule has 0 aliphatic heterocycles. The maximum absolute atomic E-state index is 11.1. The first-order valence-corrected chi connectivity index (χ1v) is 14.4. The molecule has 2 saturated carbocycles. The van der Waals surface area contributed by atoms with Gasteiger partial charge in [-0.25, -0.2) is 5.06 Å². The molecule has 3 N–H and O–H groups in total. The van der Waals surface area contributed by atoms with Crippen molar-refractivity contribution in [2.45, 2.75) is 82.6 Å². The SMILES string of the molecule is COc1ccc(CN(OC2CCCC2)c2ccc(-c3ccc(CC(N)C(=O)O)cc3)cc2)cc1OC1CCCC1. The lowest BCUT2D eigenvalue weighted by molar-refractivity contribution is -0.138. The Morgan fingerprint density at radius 3 is 2.02 bits per heavy atom. The first-order valence-electron chi connectivity index (χ1n) is 14.4. The maximum Gasteiger partial charge on any atom is 0.320 e. The van der Waals surface area contributed by atoms with Crippen LogP contribution in [0, 0.1) is 0 Å². The number of nitrogens with two attached hydrogens (primary N) is 1. The molecule has 0 saturated heterocycles. The lowest BCUT2D eigenvalue weighted by Gasteiger charge is -2.28. The second-order valence-electron chi connectivity index (χ2n) is 11.0. The fourth-order valence-electron chi connectivity index (χ4n) is 5.62. The van der Waals surface area contributed by atoms with Crippen LogP contribution in [0.4, 0.5) is 5.69 Å². The van der Waals surface area contributed by atoms with E-state index in [2.05, 4.69) is 36.4 Å². The molecule has 7 nitrogen and oxygen atoms in total. The van der Waals surface area contributed by atoms with Crippen LogP contribution in [0.15, 0.2) is 66.7 Å². The Bertz CT molecular complexity index is 1250. The standard InChI is InChI=1S/C33H40N2O5/c1-38-31-19-12-24(21-32(31)39-28-6-2-3-7-28)22-35(40-29-8-4-5-9-29)27-17-15-26(16-18-27)25-13-10-23(11-14-25)20-30(34)33(36)37/h10-19,21,28-30H,2-9,20,22,34H2,1H3,(H,36,37). The highest BCUT2D eigenvalue weighted by Gasteiger charge is 2.22. The molecule has 1 unspecified atom stereocenters. The first-order chi connectivity index (χ1) is 19.5. The van der Waals surface area contributed by atoms with E-state index in [0.29, 0.717) is 13.0 Å². The van der Waals surface area contributed by atoms with Gasteiger partial charge < -0.3 is 20.3 Å². The molecule has 0 amide bonds. The van der Waals surface area contributed by atoms with Crippen LogP contribution in [0.5, 0.6) is 11.5 Å².